The van der Waals surface area contributed by atoms with Crippen LogP contribution in [0.25, 0.3) is 0 Å². The fraction of sp³-hybridized carbons (Fsp3) is 0.857. The van der Waals surface area contributed by atoms with Crippen molar-refractivity contribution < 1.29 is 39.4 Å². The quantitative estimate of drug-likeness (QED) is 0.232. The van der Waals surface area contributed by atoms with Gasteiger partial charge in [-0.2, -0.15) is 16.8 Å². The average molecular weight is 591 g/mol. The molecule has 0 aromatic heterocycles. The van der Waals surface area contributed by atoms with E-state index in [1.54, 1.807) is 0 Å². The highest BCUT2D eigenvalue weighted by Gasteiger charge is 2.60. The number of hydrogen-bond donors (Lipinski definition) is 3. The van der Waals surface area contributed by atoms with Gasteiger partial charge in [0.25, 0.3) is 0 Å². The molecular weight excluding hydrogens is 544 g/mol. The van der Waals surface area contributed by atoms with Crippen LogP contribution in [0.5, 0.6) is 0 Å². The summed E-state index contributed by atoms with van der Waals surface area (Å²) in [6.07, 6.45) is 7.31. The summed E-state index contributed by atoms with van der Waals surface area (Å²) in [5.41, 5.74) is 1.68. The minimum atomic E-state index is -4.66. The maximum atomic E-state index is 11.5. The highest BCUT2D eigenvalue weighted by atomic mass is 32.3. The Morgan fingerprint density at radius 1 is 1.05 bits per heavy atom. The van der Waals surface area contributed by atoms with Crippen LogP contribution in [0.15, 0.2) is 23.8 Å². The Morgan fingerprint density at radius 3 is 2.36 bits per heavy atom. The number of fused-ring (bicyclic) bond motifs is 5. The normalized spacial score (nSPS) is 39.4. The molecule has 0 aliphatic heterocycles. The van der Waals surface area contributed by atoms with E-state index >= 15 is 0 Å². The van der Waals surface area contributed by atoms with Crippen molar-refractivity contribution in [1.82, 2.24) is 0 Å². The molecule has 0 aromatic carbocycles. The predicted molar refractivity (Wildman–Crippen MR) is 147 cm³/mol. The van der Waals surface area contributed by atoms with Crippen LogP contribution in [0.1, 0.15) is 85.5 Å². The molecule has 0 saturated heterocycles. The van der Waals surface area contributed by atoms with Crippen LogP contribution < -0.4 is 0 Å². The molecule has 4 aliphatic carbocycles. The van der Waals surface area contributed by atoms with Gasteiger partial charge in [-0.05, 0) is 110 Å². The average Bonchev–Trinajstić information content (AvgIpc) is 3.16. The highest BCUT2D eigenvalue weighted by molar-refractivity contribution is 7.81. The number of rotatable bonds is 10. The molecule has 4 rings (SSSR count). The number of aliphatic hydroxyl groups is 1. The van der Waals surface area contributed by atoms with Gasteiger partial charge in [0, 0.05) is 0 Å². The van der Waals surface area contributed by atoms with Crippen LogP contribution in [-0.4, -0.2) is 49.9 Å². The second-order valence-electron chi connectivity index (χ2n) is 13.3. The van der Waals surface area contributed by atoms with E-state index in [1.165, 1.54) is 0 Å². The minimum absolute atomic E-state index is 0.000819. The largest absolute Gasteiger partial charge is 0.397 e. The monoisotopic (exact) mass is 590 g/mol. The molecule has 11 heteroatoms. The van der Waals surface area contributed by atoms with E-state index in [4.69, 9.17) is 8.37 Å². The van der Waals surface area contributed by atoms with Crippen molar-refractivity contribution in [3.63, 3.8) is 0 Å². The van der Waals surface area contributed by atoms with Crippen molar-refractivity contribution >= 4 is 20.8 Å². The van der Waals surface area contributed by atoms with Gasteiger partial charge in [0.05, 0.1) is 6.61 Å². The van der Waals surface area contributed by atoms with Crippen LogP contribution in [0.2, 0.25) is 0 Å². The van der Waals surface area contributed by atoms with Crippen LogP contribution in [-0.2, 0) is 29.2 Å². The van der Waals surface area contributed by atoms with Crippen molar-refractivity contribution in [2.45, 2.75) is 97.7 Å². The summed E-state index contributed by atoms with van der Waals surface area (Å²) < 4.78 is 73.8. The molecule has 4 aliphatic rings. The van der Waals surface area contributed by atoms with Gasteiger partial charge >= 0.3 is 20.8 Å². The van der Waals surface area contributed by atoms with Gasteiger partial charge in [-0.15, -0.1) is 0 Å². The van der Waals surface area contributed by atoms with Gasteiger partial charge in [-0.25, -0.2) is 8.37 Å². The van der Waals surface area contributed by atoms with Gasteiger partial charge in [-0.3, -0.25) is 9.11 Å². The van der Waals surface area contributed by atoms with E-state index in [0.29, 0.717) is 36.5 Å². The Morgan fingerprint density at radius 2 is 1.74 bits per heavy atom. The fourth-order valence-corrected chi connectivity index (χ4v) is 9.87. The Hall–Kier alpha value is -0.820. The first-order valence-electron chi connectivity index (χ1n) is 14.3. The topological polar surface area (TPSA) is 147 Å². The Labute approximate surface area is 234 Å². The molecule has 3 N–H and O–H groups in total. The number of aliphatic hydroxyl groups excluding tert-OH is 1. The van der Waals surface area contributed by atoms with Crippen LogP contribution in [0.3, 0.4) is 0 Å². The molecule has 9 nitrogen and oxygen atoms in total. The Balaban J connectivity index is 1.56. The Bertz CT molecular complexity index is 1180. The molecule has 39 heavy (non-hydrogen) atoms. The van der Waals surface area contributed by atoms with Crippen molar-refractivity contribution in [3.8, 4) is 0 Å². The van der Waals surface area contributed by atoms with E-state index in [-0.39, 0.29) is 29.3 Å². The van der Waals surface area contributed by atoms with Crippen molar-refractivity contribution in [1.29, 1.82) is 0 Å². The molecule has 0 aromatic rings. The molecule has 0 amide bonds. The lowest BCUT2D eigenvalue weighted by atomic mass is 9.46. The number of allylic oxidation sites excluding steroid dienone is 2. The first-order valence-corrected chi connectivity index (χ1v) is 17.0. The van der Waals surface area contributed by atoms with Crippen LogP contribution in [0, 0.1) is 46.3 Å². The molecule has 3 unspecified atom stereocenters. The van der Waals surface area contributed by atoms with Crippen molar-refractivity contribution in [2.24, 2.45) is 46.3 Å². The minimum Gasteiger partial charge on any atom is -0.386 e. The van der Waals surface area contributed by atoms with E-state index in [0.717, 1.165) is 56.1 Å². The van der Waals surface area contributed by atoms with E-state index < -0.39 is 33.0 Å². The molecular formula is C28H46O9S2. The van der Waals surface area contributed by atoms with Gasteiger partial charge in [0.1, 0.15) is 12.2 Å². The van der Waals surface area contributed by atoms with Gasteiger partial charge in [-0.1, -0.05) is 45.9 Å². The lowest BCUT2D eigenvalue weighted by Crippen LogP contribution is -2.54. The maximum absolute atomic E-state index is 11.5. The highest BCUT2D eigenvalue weighted by Crippen LogP contribution is 2.67. The maximum Gasteiger partial charge on any atom is 0.397 e. The second kappa shape index (κ2) is 11.1. The summed E-state index contributed by atoms with van der Waals surface area (Å²) in [4.78, 5) is 0. The zero-order valence-electron chi connectivity index (χ0n) is 23.6. The zero-order chi connectivity index (χ0) is 29.0. The lowest BCUT2D eigenvalue weighted by molar-refractivity contribution is -0.0787. The first-order chi connectivity index (χ1) is 18.0. The summed E-state index contributed by atoms with van der Waals surface area (Å²) in [6.45, 7) is 12.9. The molecule has 0 radical (unpaired) electrons. The predicted octanol–water partition coefficient (Wildman–Crippen LogP) is 5.15. The number of hydrogen-bond acceptors (Lipinski definition) is 7. The molecule has 224 valence electrons. The SMILES string of the molecule is C=C(CC[C@@H](COS(=O)(=O)O)[C@H]1CCC2C3CC=C4[C@@H](O)[C@H](OS(=O)(=O)O)CC[C@]4(C)C3CC[C@@]21C)C(C)C. The van der Waals surface area contributed by atoms with Crippen molar-refractivity contribution in [3.05, 3.63) is 23.8 Å². The van der Waals surface area contributed by atoms with Crippen LogP contribution in [0.4, 0.5) is 0 Å². The smallest absolute Gasteiger partial charge is 0.386 e. The zero-order valence-corrected chi connectivity index (χ0v) is 25.2. The molecule has 9 atom stereocenters. The van der Waals surface area contributed by atoms with Crippen molar-refractivity contribution in [2.75, 3.05) is 6.61 Å². The molecule has 0 heterocycles. The fourth-order valence-electron chi connectivity index (χ4n) is 9.01. The lowest BCUT2D eigenvalue weighted by Gasteiger charge is -2.59. The van der Waals surface area contributed by atoms with Crippen LogP contribution >= 0.6 is 0 Å². The summed E-state index contributed by atoms with van der Waals surface area (Å²) in [5.74, 6) is 1.75. The Kier molecular flexibility index (Phi) is 8.87. The van der Waals surface area contributed by atoms with Gasteiger partial charge in [0.2, 0.25) is 0 Å². The molecule has 3 saturated carbocycles. The first kappa shape index (κ1) is 31.1. The van der Waals surface area contributed by atoms with E-state index in [9.17, 15) is 31.0 Å². The third kappa shape index (κ3) is 6.34. The molecule has 3 fully saturated rings. The van der Waals surface area contributed by atoms with E-state index in [1.807, 2.05) is 0 Å². The summed E-state index contributed by atoms with van der Waals surface area (Å²) in [5, 5.41) is 11.0. The van der Waals surface area contributed by atoms with Gasteiger partial charge in [0.15, 0.2) is 0 Å². The third-order valence-electron chi connectivity index (χ3n) is 11.1. The summed E-state index contributed by atoms with van der Waals surface area (Å²) in [7, 11) is -9.19. The third-order valence-corrected chi connectivity index (χ3v) is 12.0. The standard InChI is InChI=1S/C28H46O9S2/c1-17(2)18(3)6-7-19(16-36-38(30,31)32)21-10-11-22-20-8-9-24-26(29)25(37-39(33,34)35)13-15-28(24,5)23(20)12-14-27(21,22)4/h9,17,19-23,25-26,29H,3,6-8,10-16H2,1-2,4-5H3,(H,30,31,32)(H,33,34,35)/t19-,20?,21+,22?,23?,25+,26+,27+,28+/m0/s1. The molecule has 0 bridgehead atoms. The second-order valence-corrected chi connectivity index (χ2v) is 15.4. The summed E-state index contributed by atoms with van der Waals surface area (Å²) in [6, 6.07) is 0. The van der Waals surface area contributed by atoms with Gasteiger partial charge < -0.3 is 5.11 Å². The van der Waals surface area contributed by atoms with E-state index in [2.05, 4.69) is 40.3 Å². The summed E-state index contributed by atoms with van der Waals surface area (Å²) >= 11 is 0. The molecule has 0 spiro atoms.